The van der Waals surface area contributed by atoms with E-state index in [4.69, 9.17) is 9.47 Å². The van der Waals surface area contributed by atoms with Crippen LogP contribution < -0.4 is 14.8 Å². The SMILES string of the molecule is COc1cc(C)cc2ccc(C)nc12.Cc1cc(-c2nc(C(O)(CNC=O)C(F)(F)F)cc3c2OCC3(C)C)ccc1F. The predicted octanol–water partition coefficient (Wildman–Crippen LogP) is 6.22. The third-order valence-electron chi connectivity index (χ3n) is 7.31. The van der Waals surface area contributed by atoms with Gasteiger partial charge in [0.2, 0.25) is 12.0 Å². The monoisotopic (exact) mass is 599 g/mol. The molecule has 1 aliphatic heterocycles. The van der Waals surface area contributed by atoms with Gasteiger partial charge in [0.05, 0.1) is 26.0 Å². The fourth-order valence-electron chi connectivity index (χ4n) is 4.84. The maximum absolute atomic E-state index is 13.8. The largest absolute Gasteiger partial charge is 0.494 e. The third kappa shape index (κ3) is 6.27. The lowest BCUT2D eigenvalue weighted by Gasteiger charge is -2.31. The molecule has 43 heavy (non-hydrogen) atoms. The summed E-state index contributed by atoms with van der Waals surface area (Å²) in [4.78, 5) is 19.1. The molecule has 1 aliphatic rings. The van der Waals surface area contributed by atoms with Gasteiger partial charge in [-0.15, -0.1) is 0 Å². The molecule has 1 unspecified atom stereocenters. The molecule has 0 saturated carbocycles. The average Bonchev–Trinajstić information content (AvgIpc) is 3.26. The van der Waals surface area contributed by atoms with Gasteiger partial charge in [0.15, 0.2) is 0 Å². The lowest BCUT2D eigenvalue weighted by Crippen LogP contribution is -2.50. The molecule has 0 fully saturated rings. The number of hydrogen-bond acceptors (Lipinski definition) is 6. The second-order valence-electron chi connectivity index (χ2n) is 11.2. The highest BCUT2D eigenvalue weighted by Gasteiger charge is 2.57. The summed E-state index contributed by atoms with van der Waals surface area (Å²) in [6, 6.07) is 13.4. The van der Waals surface area contributed by atoms with Crippen LogP contribution in [0.15, 0.2) is 48.5 Å². The van der Waals surface area contributed by atoms with E-state index in [1.807, 2.05) is 24.4 Å². The third-order valence-corrected chi connectivity index (χ3v) is 7.31. The van der Waals surface area contributed by atoms with Crippen LogP contribution in [0.4, 0.5) is 17.6 Å². The molecule has 0 saturated heterocycles. The van der Waals surface area contributed by atoms with Crippen molar-refractivity contribution in [1.82, 2.24) is 15.3 Å². The quantitative estimate of drug-likeness (QED) is 0.202. The molecular formula is C32H33F4N3O4. The maximum atomic E-state index is 13.8. The van der Waals surface area contributed by atoms with Gasteiger partial charge in [-0.2, -0.15) is 13.2 Å². The zero-order valence-corrected chi connectivity index (χ0v) is 24.7. The van der Waals surface area contributed by atoms with E-state index in [-0.39, 0.29) is 30.0 Å². The fourth-order valence-corrected chi connectivity index (χ4v) is 4.84. The molecule has 2 aromatic carbocycles. The van der Waals surface area contributed by atoms with Crippen molar-refractivity contribution in [3.63, 3.8) is 0 Å². The Morgan fingerprint density at radius 1 is 1.07 bits per heavy atom. The maximum Gasteiger partial charge on any atom is 0.424 e. The standard InChI is InChI=1S/C20H20F4N2O3.C12H13NO/c1-11-6-12(4-5-14(11)21)16-17-13(18(2,3)9-29-17)7-15(26-16)19(28,8-25-10-27)20(22,23)24;1-8-6-10-5-4-9(2)13-12(10)11(7-8)14-3/h4-7,10,28H,8-9H2,1-3H3,(H,25,27);4-7H,1-3H3. The van der Waals surface area contributed by atoms with Crippen LogP contribution in [-0.2, 0) is 15.8 Å². The van der Waals surface area contributed by atoms with Gasteiger partial charge < -0.3 is 19.9 Å². The van der Waals surface area contributed by atoms with Gasteiger partial charge in [-0.05, 0) is 74.4 Å². The number of hydrogen-bond donors (Lipinski definition) is 2. The summed E-state index contributed by atoms with van der Waals surface area (Å²) in [5.74, 6) is 0.672. The number of carbonyl (C=O) groups is 1. The first kappa shape index (κ1) is 31.7. The Labute approximate surface area is 246 Å². The van der Waals surface area contributed by atoms with E-state index in [0.717, 1.165) is 28.4 Å². The fraction of sp³-hybridized carbons (Fsp3) is 0.344. The molecule has 5 rings (SSSR count). The molecule has 0 spiro atoms. The zero-order chi connectivity index (χ0) is 31.7. The first-order valence-corrected chi connectivity index (χ1v) is 13.4. The van der Waals surface area contributed by atoms with E-state index < -0.39 is 35.2 Å². The minimum Gasteiger partial charge on any atom is -0.494 e. The Morgan fingerprint density at radius 2 is 1.79 bits per heavy atom. The Balaban J connectivity index is 0.000000251. The van der Waals surface area contributed by atoms with Crippen molar-refractivity contribution in [3.05, 3.63) is 82.4 Å². The number of amides is 1. The van der Waals surface area contributed by atoms with E-state index in [0.29, 0.717) is 11.1 Å². The molecule has 0 bridgehead atoms. The Morgan fingerprint density at radius 3 is 2.42 bits per heavy atom. The molecule has 1 amide bonds. The van der Waals surface area contributed by atoms with Crippen molar-refractivity contribution in [2.24, 2.45) is 0 Å². The molecule has 1 atom stereocenters. The Bertz CT molecular complexity index is 1670. The van der Waals surface area contributed by atoms with Gasteiger partial charge in [0, 0.05) is 27.6 Å². The average molecular weight is 600 g/mol. The van der Waals surface area contributed by atoms with Gasteiger partial charge in [0.25, 0.3) is 0 Å². The van der Waals surface area contributed by atoms with E-state index in [9.17, 15) is 27.5 Å². The van der Waals surface area contributed by atoms with Crippen LogP contribution in [0, 0.1) is 26.6 Å². The summed E-state index contributed by atoms with van der Waals surface area (Å²) in [6.07, 6.45) is -5.04. The molecule has 4 aromatic rings. The van der Waals surface area contributed by atoms with E-state index in [1.165, 1.54) is 30.7 Å². The number of nitrogens with one attached hydrogen (secondary N) is 1. The van der Waals surface area contributed by atoms with Crippen molar-refractivity contribution in [2.75, 3.05) is 20.3 Å². The van der Waals surface area contributed by atoms with Crippen molar-refractivity contribution in [1.29, 1.82) is 0 Å². The van der Waals surface area contributed by atoms with Crippen LogP contribution in [0.25, 0.3) is 22.2 Å². The molecule has 11 heteroatoms. The number of halogens is 4. The molecule has 2 N–H and O–H groups in total. The van der Waals surface area contributed by atoms with Crippen LogP contribution in [0.2, 0.25) is 0 Å². The summed E-state index contributed by atoms with van der Waals surface area (Å²) in [7, 11) is 1.68. The summed E-state index contributed by atoms with van der Waals surface area (Å²) >= 11 is 0. The molecule has 228 valence electrons. The van der Waals surface area contributed by atoms with Gasteiger partial charge in [-0.25, -0.2) is 14.4 Å². The van der Waals surface area contributed by atoms with E-state index in [2.05, 4.69) is 29.0 Å². The first-order chi connectivity index (χ1) is 20.1. The molecule has 7 nitrogen and oxygen atoms in total. The highest BCUT2D eigenvalue weighted by Crippen LogP contribution is 2.47. The predicted molar refractivity (Wildman–Crippen MR) is 155 cm³/mol. The number of alkyl halides is 3. The number of fused-ring (bicyclic) bond motifs is 2. The number of methoxy groups -OCH3 is 1. The van der Waals surface area contributed by atoms with Gasteiger partial charge >= 0.3 is 6.18 Å². The molecule has 3 heterocycles. The Kier molecular flexibility index (Phi) is 8.69. The molecule has 2 aromatic heterocycles. The Hall–Kier alpha value is -4.25. The highest BCUT2D eigenvalue weighted by atomic mass is 19.4. The number of ether oxygens (including phenoxy) is 2. The summed E-state index contributed by atoms with van der Waals surface area (Å²) in [5.41, 5.74) is -0.422. The van der Waals surface area contributed by atoms with E-state index in [1.54, 1.807) is 21.0 Å². The van der Waals surface area contributed by atoms with Crippen LogP contribution >= 0.6 is 0 Å². The smallest absolute Gasteiger partial charge is 0.424 e. The van der Waals surface area contributed by atoms with Crippen molar-refractivity contribution in [3.8, 4) is 22.8 Å². The lowest BCUT2D eigenvalue weighted by atomic mass is 9.84. The van der Waals surface area contributed by atoms with Crippen LogP contribution in [0.5, 0.6) is 11.5 Å². The molecule has 0 aliphatic carbocycles. The normalized spacial score (nSPS) is 15.0. The number of aliphatic hydroxyl groups is 1. The number of rotatable bonds is 6. The van der Waals surface area contributed by atoms with Crippen molar-refractivity contribution >= 4 is 17.3 Å². The van der Waals surface area contributed by atoms with Gasteiger partial charge in [0.1, 0.15) is 28.5 Å². The first-order valence-electron chi connectivity index (χ1n) is 13.4. The van der Waals surface area contributed by atoms with Crippen molar-refractivity contribution < 1.29 is 36.9 Å². The second-order valence-corrected chi connectivity index (χ2v) is 11.2. The zero-order valence-electron chi connectivity index (χ0n) is 24.7. The van der Waals surface area contributed by atoms with Gasteiger partial charge in [-0.1, -0.05) is 19.9 Å². The molecular weight excluding hydrogens is 566 g/mol. The van der Waals surface area contributed by atoms with Crippen LogP contribution in [0.1, 0.15) is 41.9 Å². The second kappa shape index (κ2) is 11.8. The minimum atomic E-state index is -5.11. The number of pyridine rings is 2. The summed E-state index contributed by atoms with van der Waals surface area (Å²) < 4.78 is 66.1. The topological polar surface area (TPSA) is 93.6 Å². The number of aromatic nitrogens is 2. The summed E-state index contributed by atoms with van der Waals surface area (Å²) in [6.45, 7) is 8.25. The van der Waals surface area contributed by atoms with Crippen LogP contribution in [-0.4, -0.2) is 47.9 Å². The van der Waals surface area contributed by atoms with Gasteiger partial charge in [-0.3, -0.25) is 4.79 Å². The summed E-state index contributed by atoms with van der Waals surface area (Å²) in [5, 5.41) is 13.5. The minimum absolute atomic E-state index is 0.0694. The lowest BCUT2D eigenvalue weighted by molar-refractivity contribution is -0.265. The van der Waals surface area contributed by atoms with Crippen LogP contribution in [0.3, 0.4) is 0 Å². The molecule has 0 radical (unpaired) electrons. The van der Waals surface area contributed by atoms with E-state index >= 15 is 0 Å². The number of carbonyl (C=O) groups excluding carboxylic acids is 1. The number of nitrogens with zero attached hydrogens (tertiary/aromatic N) is 2. The highest BCUT2D eigenvalue weighted by molar-refractivity contribution is 5.85. The number of benzene rings is 2. The number of aryl methyl sites for hydroxylation is 3. The van der Waals surface area contributed by atoms with Crippen molar-refractivity contribution in [2.45, 2.75) is 51.8 Å².